The minimum absolute atomic E-state index is 0.0368. The average molecular weight is 565 g/mol. The van der Waals surface area contributed by atoms with E-state index >= 15 is 4.39 Å². The summed E-state index contributed by atoms with van der Waals surface area (Å²) in [6, 6.07) is 6.78. The predicted octanol–water partition coefficient (Wildman–Crippen LogP) is 3.80. The smallest absolute Gasteiger partial charge is 0.224 e. The highest BCUT2D eigenvalue weighted by molar-refractivity contribution is 5.84. The van der Waals surface area contributed by atoms with Crippen LogP contribution in [-0.4, -0.2) is 56.2 Å². The largest absolute Gasteiger partial charge is 0.394 e. The number of nitrogen functional groups attached to an aromatic ring is 1. The molecule has 1 aliphatic heterocycles. The fourth-order valence-corrected chi connectivity index (χ4v) is 4.82. The lowest BCUT2D eigenvalue weighted by molar-refractivity contribution is -0.0688. The molecule has 14 heteroatoms. The fraction of sp³-hybridized carbons (Fsp3) is 0.346. The van der Waals surface area contributed by atoms with Gasteiger partial charge in [0, 0.05) is 24.7 Å². The van der Waals surface area contributed by atoms with E-state index in [4.69, 9.17) is 15.2 Å². The van der Waals surface area contributed by atoms with Gasteiger partial charge in [0.25, 0.3) is 0 Å². The van der Waals surface area contributed by atoms with Gasteiger partial charge in [0.1, 0.15) is 35.5 Å². The number of aliphatic hydroxyl groups is 1. The molecule has 1 aliphatic rings. The van der Waals surface area contributed by atoms with Crippen LogP contribution in [0.3, 0.4) is 0 Å². The molecule has 0 radical (unpaired) electrons. The molecule has 0 unspecified atom stereocenters. The third-order valence-corrected chi connectivity index (χ3v) is 6.82. The SMILES string of the molecule is CN(Cc1c(F)cccc1F)c1nc(N)nc2c1ncn2[C@@H]1O[C@H](CO)[C@@H](OCc2c(F)cccc2F)[C@@]1(C)F. The molecule has 1 fully saturated rings. The topological polar surface area (TPSA) is 112 Å². The van der Waals surface area contributed by atoms with Gasteiger partial charge in [-0.1, -0.05) is 12.1 Å². The summed E-state index contributed by atoms with van der Waals surface area (Å²) in [4.78, 5) is 14.0. The Morgan fingerprint density at radius 3 is 2.25 bits per heavy atom. The normalized spacial score (nSPS) is 22.8. The van der Waals surface area contributed by atoms with Gasteiger partial charge in [-0.15, -0.1) is 0 Å². The van der Waals surface area contributed by atoms with E-state index in [2.05, 4.69) is 15.0 Å². The predicted molar refractivity (Wildman–Crippen MR) is 134 cm³/mol. The molecule has 40 heavy (non-hydrogen) atoms. The summed E-state index contributed by atoms with van der Waals surface area (Å²) in [5.74, 6) is -3.35. The first-order valence-corrected chi connectivity index (χ1v) is 12.2. The number of alkyl halides is 1. The van der Waals surface area contributed by atoms with Gasteiger partial charge in [0.2, 0.25) is 5.95 Å². The Balaban J connectivity index is 1.47. The number of halogens is 5. The van der Waals surface area contributed by atoms with Crippen LogP contribution in [0.1, 0.15) is 24.3 Å². The number of aromatic nitrogens is 4. The first-order valence-electron chi connectivity index (χ1n) is 12.2. The van der Waals surface area contributed by atoms with Gasteiger partial charge in [0.15, 0.2) is 28.9 Å². The summed E-state index contributed by atoms with van der Waals surface area (Å²) in [5, 5.41) is 9.89. The number of nitrogens with zero attached hydrogens (tertiary/aromatic N) is 5. The molecule has 0 saturated carbocycles. The first-order chi connectivity index (χ1) is 19.0. The lowest BCUT2D eigenvalue weighted by Crippen LogP contribution is -2.42. The van der Waals surface area contributed by atoms with Crippen molar-refractivity contribution in [1.29, 1.82) is 0 Å². The van der Waals surface area contributed by atoms with Gasteiger partial charge in [-0.2, -0.15) is 9.97 Å². The molecule has 1 saturated heterocycles. The summed E-state index contributed by atoms with van der Waals surface area (Å²) in [5.41, 5.74) is 3.13. The summed E-state index contributed by atoms with van der Waals surface area (Å²) < 4.78 is 85.7. The van der Waals surface area contributed by atoms with Gasteiger partial charge < -0.3 is 25.2 Å². The van der Waals surface area contributed by atoms with E-state index in [-0.39, 0.29) is 35.0 Å². The van der Waals surface area contributed by atoms with Crippen LogP contribution in [0.4, 0.5) is 33.7 Å². The van der Waals surface area contributed by atoms with Crippen molar-refractivity contribution in [1.82, 2.24) is 19.5 Å². The number of anilines is 2. The van der Waals surface area contributed by atoms with E-state index in [0.717, 1.165) is 31.2 Å². The standard InChI is InChI=1S/C26H25F5N6O3/c1-26(31)21(39-11-14-17(29)7-4-8-18(14)30)19(10-38)40-24(26)37-12-33-20-22(34-25(32)35-23(20)37)36(2)9-13-15(27)5-3-6-16(13)28/h3-8,12,19,21,24,38H,9-11H2,1-2H3,(H2,32,34,35)/t19-,21-,24-,26-/m1/s1. The Morgan fingerprint density at radius 2 is 1.65 bits per heavy atom. The molecule has 2 aromatic carbocycles. The highest BCUT2D eigenvalue weighted by Gasteiger charge is 2.56. The lowest BCUT2D eigenvalue weighted by atomic mass is 9.98. The van der Waals surface area contributed by atoms with Crippen molar-refractivity contribution in [2.45, 2.75) is 44.2 Å². The van der Waals surface area contributed by atoms with E-state index < -0.39 is 66.2 Å². The quantitative estimate of drug-likeness (QED) is 0.311. The van der Waals surface area contributed by atoms with Crippen LogP contribution >= 0.6 is 0 Å². The summed E-state index contributed by atoms with van der Waals surface area (Å²) in [6.45, 7) is -0.351. The maximum absolute atomic E-state index is 16.3. The number of nitrogens with two attached hydrogens (primary N) is 1. The zero-order valence-corrected chi connectivity index (χ0v) is 21.4. The lowest BCUT2D eigenvalue weighted by Gasteiger charge is -2.28. The van der Waals surface area contributed by atoms with E-state index in [1.807, 2.05) is 0 Å². The number of hydrogen-bond acceptors (Lipinski definition) is 8. The zero-order valence-electron chi connectivity index (χ0n) is 21.4. The van der Waals surface area contributed by atoms with Crippen molar-refractivity contribution >= 4 is 22.9 Å². The van der Waals surface area contributed by atoms with Gasteiger partial charge in [-0.25, -0.2) is 26.9 Å². The molecule has 212 valence electrons. The summed E-state index contributed by atoms with van der Waals surface area (Å²) in [7, 11) is 1.52. The van der Waals surface area contributed by atoms with Crippen molar-refractivity contribution in [3.05, 3.63) is 77.1 Å². The van der Waals surface area contributed by atoms with E-state index in [1.54, 1.807) is 0 Å². The Bertz CT molecular complexity index is 1510. The molecule has 0 bridgehead atoms. The molecule has 3 heterocycles. The van der Waals surface area contributed by atoms with Gasteiger partial charge in [-0.3, -0.25) is 4.57 Å². The number of ether oxygens (including phenoxy) is 2. The second kappa shape index (κ2) is 10.6. The second-order valence-electron chi connectivity index (χ2n) is 9.58. The van der Waals surface area contributed by atoms with Crippen molar-refractivity contribution in [3.8, 4) is 0 Å². The van der Waals surface area contributed by atoms with Gasteiger partial charge in [0.05, 0.1) is 19.5 Å². The van der Waals surface area contributed by atoms with E-state index in [0.29, 0.717) is 0 Å². The minimum Gasteiger partial charge on any atom is -0.394 e. The van der Waals surface area contributed by atoms with E-state index in [1.165, 1.54) is 35.0 Å². The maximum atomic E-state index is 16.3. The molecular weight excluding hydrogens is 539 g/mol. The van der Waals surface area contributed by atoms with Gasteiger partial charge >= 0.3 is 0 Å². The molecule has 0 spiro atoms. The van der Waals surface area contributed by atoms with Crippen LogP contribution in [0.5, 0.6) is 0 Å². The minimum atomic E-state index is -2.36. The Hall–Kier alpha value is -3.88. The Kier molecular flexibility index (Phi) is 7.33. The molecule has 4 atom stereocenters. The number of imidazole rings is 1. The van der Waals surface area contributed by atoms with Crippen LogP contribution in [0.25, 0.3) is 11.2 Å². The molecule has 5 rings (SSSR count). The molecule has 0 amide bonds. The first kappa shape index (κ1) is 27.7. The Labute approximate surface area is 225 Å². The maximum Gasteiger partial charge on any atom is 0.224 e. The monoisotopic (exact) mass is 564 g/mol. The molecule has 9 nitrogen and oxygen atoms in total. The second-order valence-corrected chi connectivity index (χ2v) is 9.58. The highest BCUT2D eigenvalue weighted by atomic mass is 19.2. The Morgan fingerprint density at radius 1 is 1.05 bits per heavy atom. The number of rotatable bonds is 8. The third-order valence-electron chi connectivity index (χ3n) is 6.82. The van der Waals surface area contributed by atoms with Crippen molar-refractivity contribution in [2.24, 2.45) is 0 Å². The zero-order chi connectivity index (χ0) is 28.8. The van der Waals surface area contributed by atoms with Crippen molar-refractivity contribution < 1.29 is 36.5 Å². The summed E-state index contributed by atoms with van der Waals surface area (Å²) >= 11 is 0. The number of fused-ring (bicyclic) bond motifs is 1. The molecule has 4 aromatic rings. The van der Waals surface area contributed by atoms with E-state index in [9.17, 15) is 22.7 Å². The molecular formula is C26H25F5N6O3. The average Bonchev–Trinajstić information content (AvgIpc) is 3.42. The van der Waals surface area contributed by atoms with Crippen LogP contribution in [0.15, 0.2) is 42.7 Å². The fourth-order valence-electron chi connectivity index (χ4n) is 4.82. The van der Waals surface area contributed by atoms with Crippen LogP contribution < -0.4 is 10.6 Å². The van der Waals surface area contributed by atoms with Crippen molar-refractivity contribution in [3.63, 3.8) is 0 Å². The molecule has 3 N–H and O–H groups in total. The van der Waals surface area contributed by atoms with Gasteiger partial charge in [-0.05, 0) is 31.2 Å². The molecule has 2 aromatic heterocycles. The molecule has 0 aliphatic carbocycles. The number of hydrogen-bond donors (Lipinski definition) is 2. The van der Waals surface area contributed by atoms with Crippen LogP contribution in [0.2, 0.25) is 0 Å². The van der Waals surface area contributed by atoms with Crippen molar-refractivity contribution in [2.75, 3.05) is 24.3 Å². The highest BCUT2D eigenvalue weighted by Crippen LogP contribution is 2.44. The number of aliphatic hydroxyl groups excluding tert-OH is 1. The third kappa shape index (κ3) is 4.82. The van der Waals surface area contributed by atoms with Crippen LogP contribution in [-0.2, 0) is 22.6 Å². The van der Waals surface area contributed by atoms with Crippen LogP contribution in [0, 0.1) is 23.3 Å². The number of benzene rings is 2. The summed E-state index contributed by atoms with van der Waals surface area (Å²) in [6.07, 6.45) is -2.89.